The van der Waals surface area contributed by atoms with Gasteiger partial charge in [-0.15, -0.1) is 0 Å². The lowest BCUT2D eigenvalue weighted by molar-refractivity contribution is 0.492. The van der Waals surface area contributed by atoms with Crippen molar-refractivity contribution < 1.29 is 12.6 Å². The first-order valence-electron chi connectivity index (χ1n) is 3.04. The number of rotatable bonds is 2. The summed E-state index contributed by atoms with van der Waals surface area (Å²) in [4.78, 5) is 0. The van der Waals surface area contributed by atoms with Crippen molar-refractivity contribution in [3.05, 3.63) is 29.3 Å². The summed E-state index contributed by atoms with van der Waals surface area (Å²) in [6.45, 7) is 0. The van der Waals surface area contributed by atoms with Crippen LogP contribution in [0, 0.1) is 6.07 Å². The predicted octanol–water partition coefficient (Wildman–Crippen LogP) is 1.48. The molecule has 0 amide bonds. The van der Waals surface area contributed by atoms with E-state index in [9.17, 15) is 8.42 Å². The number of hydrogen-bond donors (Lipinski definition) is 0. The predicted molar refractivity (Wildman–Crippen MR) is 45.8 cm³/mol. The van der Waals surface area contributed by atoms with Crippen LogP contribution in [0.1, 0.15) is 0 Å². The topological polar surface area (TPSA) is 43.4 Å². The van der Waals surface area contributed by atoms with Gasteiger partial charge in [-0.2, -0.15) is 8.42 Å². The summed E-state index contributed by atoms with van der Waals surface area (Å²) in [7, 11) is -3.46. The minimum atomic E-state index is -3.46. The fraction of sp³-hybridized carbons (Fsp3) is 0.143. The highest BCUT2D eigenvalue weighted by Crippen LogP contribution is 2.15. The van der Waals surface area contributed by atoms with Crippen molar-refractivity contribution in [3.8, 4) is 5.75 Å². The summed E-state index contributed by atoms with van der Waals surface area (Å²) in [6.07, 6.45) is 0.968. The molecule has 3 nitrogen and oxygen atoms in total. The molecule has 0 spiro atoms. The quantitative estimate of drug-likeness (QED) is 0.687. The molecule has 0 unspecified atom stereocenters. The molecular weight excluding hydrogens is 200 g/mol. The lowest BCUT2D eigenvalue weighted by Crippen LogP contribution is -2.05. The van der Waals surface area contributed by atoms with Crippen LogP contribution in [0.3, 0.4) is 0 Å². The molecule has 1 rings (SSSR count). The van der Waals surface area contributed by atoms with Crippen LogP contribution in [0.25, 0.3) is 0 Å². The molecule has 1 radical (unpaired) electrons. The van der Waals surface area contributed by atoms with Crippen LogP contribution in [0.2, 0.25) is 5.02 Å². The zero-order chi connectivity index (χ0) is 9.19. The van der Waals surface area contributed by atoms with Gasteiger partial charge in [0, 0.05) is 11.1 Å². The van der Waals surface area contributed by atoms with E-state index >= 15 is 0 Å². The van der Waals surface area contributed by atoms with E-state index < -0.39 is 10.1 Å². The average molecular weight is 206 g/mol. The number of benzene rings is 1. The molecule has 0 atom stereocenters. The first-order valence-corrected chi connectivity index (χ1v) is 5.23. The van der Waals surface area contributed by atoms with Crippen LogP contribution in [0.4, 0.5) is 0 Å². The van der Waals surface area contributed by atoms with E-state index in [0.717, 1.165) is 6.26 Å². The Hall–Kier alpha value is -0.740. The lowest BCUT2D eigenvalue weighted by atomic mass is 10.3. The third-order valence-corrected chi connectivity index (χ3v) is 1.70. The maximum absolute atomic E-state index is 10.6. The van der Waals surface area contributed by atoms with E-state index in [0.29, 0.717) is 5.02 Å². The smallest absolute Gasteiger partial charge is 0.306 e. The Bertz CT molecular complexity index is 355. The minimum absolute atomic E-state index is 0.141. The lowest BCUT2D eigenvalue weighted by Gasteiger charge is -2.00. The summed E-state index contributed by atoms with van der Waals surface area (Å²) >= 11 is 5.55. The Labute approximate surface area is 76.0 Å². The van der Waals surface area contributed by atoms with Gasteiger partial charge in [0.1, 0.15) is 0 Å². The molecule has 5 heteroatoms. The van der Waals surface area contributed by atoms with Gasteiger partial charge in [-0.3, -0.25) is 0 Å². The molecule has 65 valence electrons. The van der Waals surface area contributed by atoms with Gasteiger partial charge in [0.15, 0.2) is 5.75 Å². The zero-order valence-corrected chi connectivity index (χ0v) is 7.82. The molecule has 0 aliphatic carbocycles. The van der Waals surface area contributed by atoms with E-state index in [2.05, 4.69) is 10.2 Å². The Morgan fingerprint density at radius 2 is 2.17 bits per heavy atom. The van der Waals surface area contributed by atoms with Gasteiger partial charge < -0.3 is 4.18 Å². The molecule has 0 aliphatic rings. The molecule has 1 aromatic rings. The summed E-state index contributed by atoms with van der Waals surface area (Å²) in [5.74, 6) is 0.141. The van der Waals surface area contributed by atoms with Crippen molar-refractivity contribution in [1.29, 1.82) is 0 Å². The molecule has 0 fully saturated rings. The fourth-order valence-corrected chi connectivity index (χ4v) is 1.15. The Kier molecular flexibility index (Phi) is 2.59. The van der Waals surface area contributed by atoms with Crippen LogP contribution in [-0.4, -0.2) is 14.7 Å². The van der Waals surface area contributed by atoms with E-state index in [4.69, 9.17) is 11.6 Å². The van der Waals surface area contributed by atoms with Crippen LogP contribution >= 0.6 is 11.6 Å². The maximum atomic E-state index is 10.6. The standard InChI is InChI=1S/C7H6ClO3S/c1-12(9,10)11-7-4-2-6(8)3-5-7/h2-4H,1H3. The van der Waals surface area contributed by atoms with Gasteiger partial charge in [0.25, 0.3) is 0 Å². The van der Waals surface area contributed by atoms with E-state index in [-0.39, 0.29) is 5.75 Å². The van der Waals surface area contributed by atoms with Crippen LogP contribution in [0.5, 0.6) is 5.75 Å². The second-order valence-corrected chi connectivity index (χ2v) is 4.17. The molecule has 1 aromatic carbocycles. The minimum Gasteiger partial charge on any atom is -0.382 e. The normalized spacial score (nSPS) is 11.2. The molecule has 0 saturated carbocycles. The first-order chi connectivity index (χ1) is 5.47. The van der Waals surface area contributed by atoms with Crippen molar-refractivity contribution in [2.24, 2.45) is 0 Å². The van der Waals surface area contributed by atoms with Gasteiger partial charge in [-0.1, -0.05) is 11.6 Å². The SMILES string of the molecule is CS(=O)(=O)Oc1[c]cc(Cl)cc1. The first kappa shape index (κ1) is 9.35. The van der Waals surface area contributed by atoms with Crippen molar-refractivity contribution >= 4 is 21.7 Å². The molecule has 0 saturated heterocycles. The summed E-state index contributed by atoms with van der Waals surface area (Å²) in [5.41, 5.74) is 0. The second-order valence-electron chi connectivity index (χ2n) is 2.16. The van der Waals surface area contributed by atoms with Crippen molar-refractivity contribution in [2.45, 2.75) is 0 Å². The van der Waals surface area contributed by atoms with Crippen LogP contribution < -0.4 is 4.18 Å². The number of hydrogen-bond acceptors (Lipinski definition) is 3. The average Bonchev–Trinajstić information content (AvgIpc) is 1.91. The molecule has 0 N–H and O–H groups in total. The monoisotopic (exact) mass is 205 g/mol. The molecule has 0 aromatic heterocycles. The highest BCUT2D eigenvalue weighted by Gasteiger charge is 2.03. The molecule has 0 aliphatic heterocycles. The highest BCUT2D eigenvalue weighted by atomic mass is 35.5. The van der Waals surface area contributed by atoms with Crippen LogP contribution in [0.15, 0.2) is 18.2 Å². The van der Waals surface area contributed by atoms with E-state index in [1.165, 1.54) is 18.2 Å². The Balaban J connectivity index is 2.85. The van der Waals surface area contributed by atoms with Gasteiger partial charge in [-0.05, 0) is 18.2 Å². The summed E-state index contributed by atoms with van der Waals surface area (Å²) < 4.78 is 25.7. The molecule has 0 bridgehead atoms. The second kappa shape index (κ2) is 3.33. The van der Waals surface area contributed by atoms with Crippen molar-refractivity contribution in [3.63, 3.8) is 0 Å². The number of halogens is 1. The summed E-state index contributed by atoms with van der Waals surface area (Å²) in [5, 5.41) is 0.482. The van der Waals surface area contributed by atoms with Crippen molar-refractivity contribution in [2.75, 3.05) is 6.26 Å². The zero-order valence-electron chi connectivity index (χ0n) is 6.24. The molecular formula is C7H6ClO3S. The van der Waals surface area contributed by atoms with Crippen LogP contribution in [-0.2, 0) is 10.1 Å². The summed E-state index contributed by atoms with van der Waals surface area (Å²) in [6, 6.07) is 6.95. The van der Waals surface area contributed by atoms with Crippen molar-refractivity contribution in [1.82, 2.24) is 0 Å². The third-order valence-electron chi connectivity index (χ3n) is 0.987. The van der Waals surface area contributed by atoms with E-state index in [1.807, 2.05) is 0 Å². The Morgan fingerprint density at radius 3 is 2.58 bits per heavy atom. The largest absolute Gasteiger partial charge is 0.382 e. The molecule has 12 heavy (non-hydrogen) atoms. The Morgan fingerprint density at radius 1 is 1.50 bits per heavy atom. The van der Waals surface area contributed by atoms with Gasteiger partial charge in [0.05, 0.1) is 6.26 Å². The molecule has 0 heterocycles. The maximum Gasteiger partial charge on any atom is 0.306 e. The van der Waals surface area contributed by atoms with Gasteiger partial charge in [-0.25, -0.2) is 0 Å². The fourth-order valence-electron chi connectivity index (χ4n) is 0.607. The highest BCUT2D eigenvalue weighted by molar-refractivity contribution is 7.86. The van der Waals surface area contributed by atoms with Gasteiger partial charge in [0.2, 0.25) is 0 Å². The van der Waals surface area contributed by atoms with Gasteiger partial charge >= 0.3 is 10.1 Å². The third kappa shape index (κ3) is 3.11. The van der Waals surface area contributed by atoms with E-state index in [1.54, 1.807) is 0 Å².